The van der Waals surface area contributed by atoms with Crippen LogP contribution in [-0.2, 0) is 14.8 Å². The number of anilines is 1. The Bertz CT molecular complexity index is 845. The normalized spacial score (nSPS) is 15.3. The number of rotatable bonds is 4. The van der Waals surface area contributed by atoms with Crippen molar-refractivity contribution in [1.82, 2.24) is 4.90 Å². The SMILES string of the molecule is O=C(c1ccccc1NS(=O)(=O)c1ccc(Cl)s1)N1CCOCC1. The Morgan fingerprint density at radius 3 is 2.54 bits per heavy atom. The molecule has 128 valence electrons. The van der Waals surface area contributed by atoms with Crippen LogP contribution in [0.3, 0.4) is 0 Å². The molecule has 1 fully saturated rings. The van der Waals surface area contributed by atoms with Crippen molar-refractivity contribution in [1.29, 1.82) is 0 Å². The Morgan fingerprint density at radius 2 is 1.88 bits per heavy atom. The van der Waals surface area contributed by atoms with Crippen LogP contribution in [0.4, 0.5) is 5.69 Å². The summed E-state index contributed by atoms with van der Waals surface area (Å²) in [6, 6.07) is 9.51. The third-order valence-electron chi connectivity index (χ3n) is 3.51. The van der Waals surface area contributed by atoms with Crippen molar-refractivity contribution in [3.63, 3.8) is 0 Å². The number of para-hydroxylation sites is 1. The second kappa shape index (κ2) is 7.10. The van der Waals surface area contributed by atoms with Gasteiger partial charge in [-0.15, -0.1) is 11.3 Å². The smallest absolute Gasteiger partial charge is 0.271 e. The molecule has 1 N–H and O–H groups in total. The summed E-state index contributed by atoms with van der Waals surface area (Å²) in [5, 5.41) is 0. The second-order valence-electron chi connectivity index (χ2n) is 5.11. The van der Waals surface area contributed by atoms with Gasteiger partial charge in [0.05, 0.1) is 28.8 Å². The first-order valence-corrected chi connectivity index (χ1v) is 9.89. The molecular weight excluding hydrogens is 372 g/mol. The number of halogens is 1. The molecule has 1 aromatic carbocycles. The van der Waals surface area contributed by atoms with Gasteiger partial charge in [0.15, 0.2) is 0 Å². The minimum Gasteiger partial charge on any atom is -0.378 e. The fourth-order valence-electron chi connectivity index (χ4n) is 2.33. The van der Waals surface area contributed by atoms with Gasteiger partial charge < -0.3 is 9.64 Å². The minimum absolute atomic E-state index is 0.0983. The van der Waals surface area contributed by atoms with E-state index >= 15 is 0 Å². The lowest BCUT2D eigenvalue weighted by molar-refractivity contribution is 0.0303. The number of carbonyl (C=O) groups excluding carboxylic acids is 1. The number of ether oxygens (including phenoxy) is 1. The lowest BCUT2D eigenvalue weighted by atomic mass is 10.1. The molecule has 2 aromatic rings. The molecule has 6 nitrogen and oxygen atoms in total. The number of amides is 1. The van der Waals surface area contributed by atoms with E-state index in [1.165, 1.54) is 12.1 Å². The zero-order valence-electron chi connectivity index (χ0n) is 12.6. The van der Waals surface area contributed by atoms with E-state index in [-0.39, 0.29) is 15.8 Å². The number of hydrogen-bond donors (Lipinski definition) is 1. The number of thiophene rings is 1. The van der Waals surface area contributed by atoms with Crippen LogP contribution < -0.4 is 4.72 Å². The van der Waals surface area contributed by atoms with Crippen LogP contribution >= 0.6 is 22.9 Å². The minimum atomic E-state index is -3.79. The monoisotopic (exact) mass is 386 g/mol. The second-order valence-corrected chi connectivity index (χ2v) is 8.74. The molecule has 3 rings (SSSR count). The molecule has 1 saturated heterocycles. The standard InChI is InChI=1S/C15H15ClN2O4S2/c16-13-5-6-14(23-13)24(20,21)17-12-4-2-1-3-11(12)15(19)18-7-9-22-10-8-18/h1-6,17H,7-10H2. The average Bonchev–Trinajstić information content (AvgIpc) is 3.03. The molecule has 0 atom stereocenters. The van der Waals surface area contributed by atoms with Crippen LogP contribution in [0, 0.1) is 0 Å². The van der Waals surface area contributed by atoms with E-state index in [4.69, 9.17) is 16.3 Å². The van der Waals surface area contributed by atoms with E-state index in [9.17, 15) is 13.2 Å². The summed E-state index contributed by atoms with van der Waals surface area (Å²) < 4.78 is 33.1. The Labute approximate surface area is 149 Å². The van der Waals surface area contributed by atoms with Gasteiger partial charge >= 0.3 is 0 Å². The van der Waals surface area contributed by atoms with Gasteiger partial charge in [-0.05, 0) is 24.3 Å². The third-order valence-corrected chi connectivity index (χ3v) is 6.60. The van der Waals surface area contributed by atoms with Gasteiger partial charge in [-0.3, -0.25) is 9.52 Å². The number of nitrogens with zero attached hydrogens (tertiary/aromatic N) is 1. The molecule has 0 radical (unpaired) electrons. The Balaban J connectivity index is 1.88. The topological polar surface area (TPSA) is 75.7 Å². The summed E-state index contributed by atoms with van der Waals surface area (Å²) >= 11 is 6.77. The lowest BCUT2D eigenvalue weighted by Gasteiger charge is -2.27. The first kappa shape index (κ1) is 17.2. The third kappa shape index (κ3) is 3.72. The van der Waals surface area contributed by atoms with E-state index in [1.807, 2.05) is 0 Å². The first-order valence-electron chi connectivity index (χ1n) is 7.21. The van der Waals surface area contributed by atoms with Crippen LogP contribution in [0.2, 0.25) is 4.34 Å². The molecule has 24 heavy (non-hydrogen) atoms. The lowest BCUT2D eigenvalue weighted by Crippen LogP contribution is -2.41. The van der Waals surface area contributed by atoms with Crippen molar-refractivity contribution >= 4 is 44.6 Å². The highest BCUT2D eigenvalue weighted by Crippen LogP contribution is 2.28. The van der Waals surface area contributed by atoms with Gasteiger partial charge in [-0.1, -0.05) is 23.7 Å². The van der Waals surface area contributed by atoms with Crippen molar-refractivity contribution in [2.45, 2.75) is 4.21 Å². The molecule has 0 spiro atoms. The highest BCUT2D eigenvalue weighted by Gasteiger charge is 2.24. The fourth-order valence-corrected chi connectivity index (χ4v) is 4.89. The molecule has 1 aliphatic heterocycles. The molecule has 2 heterocycles. The number of sulfonamides is 1. The predicted molar refractivity (Wildman–Crippen MR) is 93.3 cm³/mol. The average molecular weight is 387 g/mol. The molecule has 0 unspecified atom stereocenters. The number of nitrogens with one attached hydrogen (secondary N) is 1. The maximum Gasteiger partial charge on any atom is 0.271 e. The Kier molecular flexibility index (Phi) is 5.09. The number of carbonyl (C=O) groups is 1. The van der Waals surface area contributed by atoms with Crippen molar-refractivity contribution < 1.29 is 17.9 Å². The van der Waals surface area contributed by atoms with Gasteiger partial charge in [-0.2, -0.15) is 0 Å². The molecule has 0 saturated carbocycles. The Hall–Kier alpha value is -1.61. The van der Waals surface area contributed by atoms with Gasteiger partial charge in [0, 0.05) is 13.1 Å². The zero-order valence-corrected chi connectivity index (χ0v) is 15.0. The molecular formula is C15H15ClN2O4S2. The molecule has 0 bridgehead atoms. The van der Waals surface area contributed by atoms with Gasteiger partial charge in [0.2, 0.25) is 0 Å². The molecule has 1 aromatic heterocycles. The van der Waals surface area contributed by atoms with E-state index in [2.05, 4.69) is 4.72 Å². The Morgan fingerprint density at radius 1 is 1.17 bits per heavy atom. The van der Waals surface area contributed by atoms with Crippen molar-refractivity contribution in [2.24, 2.45) is 0 Å². The van der Waals surface area contributed by atoms with Gasteiger partial charge in [-0.25, -0.2) is 8.42 Å². The zero-order chi connectivity index (χ0) is 17.2. The van der Waals surface area contributed by atoms with Gasteiger partial charge in [0.25, 0.3) is 15.9 Å². The molecule has 0 aliphatic carbocycles. The van der Waals surface area contributed by atoms with Crippen LogP contribution in [0.25, 0.3) is 0 Å². The van der Waals surface area contributed by atoms with Crippen LogP contribution in [-0.4, -0.2) is 45.5 Å². The quantitative estimate of drug-likeness (QED) is 0.876. The van der Waals surface area contributed by atoms with E-state index in [0.717, 1.165) is 11.3 Å². The number of benzene rings is 1. The van der Waals surface area contributed by atoms with E-state index in [0.29, 0.717) is 36.2 Å². The van der Waals surface area contributed by atoms with Crippen LogP contribution in [0.5, 0.6) is 0 Å². The highest BCUT2D eigenvalue weighted by atomic mass is 35.5. The molecule has 1 aliphatic rings. The summed E-state index contributed by atoms with van der Waals surface area (Å²) in [5.74, 6) is -0.221. The first-order chi connectivity index (χ1) is 11.5. The molecule has 9 heteroatoms. The predicted octanol–water partition coefficient (Wildman–Crippen LogP) is 2.67. The van der Waals surface area contributed by atoms with Crippen LogP contribution in [0.15, 0.2) is 40.6 Å². The van der Waals surface area contributed by atoms with E-state index in [1.54, 1.807) is 29.2 Å². The number of hydrogen-bond acceptors (Lipinski definition) is 5. The maximum atomic E-state index is 12.7. The fraction of sp³-hybridized carbons (Fsp3) is 0.267. The van der Waals surface area contributed by atoms with E-state index < -0.39 is 10.0 Å². The van der Waals surface area contributed by atoms with Crippen molar-refractivity contribution in [3.05, 3.63) is 46.3 Å². The summed E-state index contributed by atoms with van der Waals surface area (Å²) in [4.78, 5) is 14.3. The highest BCUT2D eigenvalue weighted by molar-refractivity contribution is 7.94. The number of morpholine rings is 1. The van der Waals surface area contributed by atoms with Crippen LogP contribution in [0.1, 0.15) is 10.4 Å². The summed E-state index contributed by atoms with van der Waals surface area (Å²) in [6.45, 7) is 1.93. The molecule has 1 amide bonds. The summed E-state index contributed by atoms with van der Waals surface area (Å²) in [7, 11) is -3.79. The summed E-state index contributed by atoms with van der Waals surface area (Å²) in [6.07, 6.45) is 0. The summed E-state index contributed by atoms with van der Waals surface area (Å²) in [5.41, 5.74) is 0.559. The van der Waals surface area contributed by atoms with Gasteiger partial charge in [0.1, 0.15) is 4.21 Å². The van der Waals surface area contributed by atoms with Crippen molar-refractivity contribution in [2.75, 3.05) is 31.0 Å². The maximum absolute atomic E-state index is 12.7. The largest absolute Gasteiger partial charge is 0.378 e. The van der Waals surface area contributed by atoms with Crippen molar-refractivity contribution in [3.8, 4) is 0 Å².